The van der Waals surface area contributed by atoms with Gasteiger partial charge in [-0.1, -0.05) is 29.8 Å². The number of nitrogens with one attached hydrogen (secondary N) is 1. The lowest BCUT2D eigenvalue weighted by Crippen LogP contribution is -2.09. The minimum atomic E-state index is 0.892. The summed E-state index contributed by atoms with van der Waals surface area (Å²) in [6.45, 7) is 3.90. The zero-order valence-corrected chi connectivity index (χ0v) is 11.0. The van der Waals surface area contributed by atoms with Crippen LogP contribution in [0.5, 0.6) is 0 Å². The number of aryl methyl sites for hydroxylation is 1. The van der Waals surface area contributed by atoms with E-state index < -0.39 is 0 Å². The molecule has 2 aromatic carbocycles. The molecule has 3 aromatic rings. The van der Waals surface area contributed by atoms with Crippen molar-refractivity contribution in [2.45, 2.75) is 13.5 Å². The lowest BCUT2D eigenvalue weighted by molar-refractivity contribution is 0.749. The molecular formula is C16H17N3. The van der Waals surface area contributed by atoms with E-state index in [-0.39, 0.29) is 0 Å². The standard InChI is InChI=1S/C16H17N3/c1-13-6-8-14(9-7-13)17-10-11-19-12-18-15-4-2-3-5-16(15)19/h2-9,12,17H,10-11H2,1H3. The third-order valence-electron chi connectivity index (χ3n) is 3.26. The van der Waals surface area contributed by atoms with E-state index in [9.17, 15) is 0 Å². The highest BCUT2D eigenvalue weighted by Gasteiger charge is 2.00. The Hall–Kier alpha value is -2.29. The van der Waals surface area contributed by atoms with Gasteiger partial charge in [0, 0.05) is 18.8 Å². The lowest BCUT2D eigenvalue weighted by Gasteiger charge is -2.08. The van der Waals surface area contributed by atoms with Gasteiger partial charge in [-0.2, -0.15) is 0 Å². The van der Waals surface area contributed by atoms with Gasteiger partial charge in [-0.15, -0.1) is 0 Å². The van der Waals surface area contributed by atoms with E-state index in [4.69, 9.17) is 0 Å². The molecule has 0 aliphatic rings. The monoisotopic (exact) mass is 251 g/mol. The first-order valence-electron chi connectivity index (χ1n) is 6.53. The zero-order valence-electron chi connectivity index (χ0n) is 11.0. The zero-order chi connectivity index (χ0) is 13.1. The number of rotatable bonds is 4. The van der Waals surface area contributed by atoms with Gasteiger partial charge in [0.25, 0.3) is 0 Å². The summed E-state index contributed by atoms with van der Waals surface area (Å²) in [5, 5.41) is 3.43. The normalized spacial score (nSPS) is 10.8. The number of aromatic nitrogens is 2. The second-order valence-corrected chi connectivity index (χ2v) is 4.72. The van der Waals surface area contributed by atoms with Crippen LogP contribution in [0.4, 0.5) is 5.69 Å². The highest BCUT2D eigenvalue weighted by molar-refractivity contribution is 5.74. The fourth-order valence-corrected chi connectivity index (χ4v) is 2.18. The molecule has 3 heteroatoms. The molecule has 0 fully saturated rings. The van der Waals surface area contributed by atoms with Crippen molar-refractivity contribution in [3.05, 3.63) is 60.4 Å². The molecule has 0 saturated carbocycles. The van der Waals surface area contributed by atoms with Crippen molar-refractivity contribution in [2.75, 3.05) is 11.9 Å². The van der Waals surface area contributed by atoms with Crippen LogP contribution >= 0.6 is 0 Å². The van der Waals surface area contributed by atoms with E-state index in [1.54, 1.807) is 0 Å². The summed E-state index contributed by atoms with van der Waals surface area (Å²) in [5.41, 5.74) is 4.69. The van der Waals surface area contributed by atoms with Crippen molar-refractivity contribution in [3.8, 4) is 0 Å². The van der Waals surface area contributed by atoms with Crippen LogP contribution < -0.4 is 5.32 Å². The largest absolute Gasteiger partial charge is 0.383 e. The number of para-hydroxylation sites is 2. The maximum atomic E-state index is 4.39. The molecule has 3 nitrogen and oxygen atoms in total. The fraction of sp³-hybridized carbons (Fsp3) is 0.188. The summed E-state index contributed by atoms with van der Waals surface area (Å²) in [4.78, 5) is 4.39. The van der Waals surface area contributed by atoms with Crippen LogP contribution in [0.2, 0.25) is 0 Å². The molecule has 1 heterocycles. The number of nitrogens with zero attached hydrogens (tertiary/aromatic N) is 2. The van der Waals surface area contributed by atoms with Crippen LogP contribution in [0, 0.1) is 6.92 Å². The maximum absolute atomic E-state index is 4.39. The highest BCUT2D eigenvalue weighted by atomic mass is 15.1. The summed E-state index contributed by atoms with van der Waals surface area (Å²) in [6.07, 6.45) is 1.90. The first-order chi connectivity index (χ1) is 9.33. The number of hydrogen-bond acceptors (Lipinski definition) is 2. The molecule has 0 bridgehead atoms. The SMILES string of the molecule is Cc1ccc(NCCn2cnc3ccccc32)cc1. The maximum Gasteiger partial charge on any atom is 0.0958 e. The van der Waals surface area contributed by atoms with Gasteiger partial charge in [0.15, 0.2) is 0 Å². The molecule has 19 heavy (non-hydrogen) atoms. The summed E-state index contributed by atoms with van der Waals surface area (Å²) in [5.74, 6) is 0. The van der Waals surface area contributed by atoms with Crippen molar-refractivity contribution in [3.63, 3.8) is 0 Å². The van der Waals surface area contributed by atoms with E-state index >= 15 is 0 Å². The summed E-state index contributed by atoms with van der Waals surface area (Å²) >= 11 is 0. The molecule has 0 saturated heterocycles. The first-order valence-corrected chi connectivity index (χ1v) is 6.53. The Balaban J connectivity index is 1.65. The summed E-state index contributed by atoms with van der Waals surface area (Å²) < 4.78 is 2.18. The van der Waals surface area contributed by atoms with Gasteiger partial charge in [-0.3, -0.25) is 0 Å². The van der Waals surface area contributed by atoms with Crippen molar-refractivity contribution >= 4 is 16.7 Å². The number of anilines is 1. The Morgan fingerprint density at radius 1 is 1.05 bits per heavy atom. The van der Waals surface area contributed by atoms with Crippen LogP contribution in [0.3, 0.4) is 0 Å². The molecule has 1 N–H and O–H groups in total. The quantitative estimate of drug-likeness (QED) is 0.769. The predicted molar refractivity (Wildman–Crippen MR) is 79.4 cm³/mol. The van der Waals surface area contributed by atoms with Crippen LogP contribution in [-0.4, -0.2) is 16.1 Å². The topological polar surface area (TPSA) is 29.9 Å². The molecule has 0 aliphatic heterocycles. The fourth-order valence-electron chi connectivity index (χ4n) is 2.18. The molecule has 0 radical (unpaired) electrons. The van der Waals surface area contributed by atoms with E-state index in [1.807, 2.05) is 24.5 Å². The third kappa shape index (κ3) is 2.60. The van der Waals surface area contributed by atoms with Gasteiger partial charge in [-0.25, -0.2) is 4.98 Å². The second kappa shape index (κ2) is 5.14. The van der Waals surface area contributed by atoms with Crippen LogP contribution in [0.25, 0.3) is 11.0 Å². The second-order valence-electron chi connectivity index (χ2n) is 4.72. The van der Waals surface area contributed by atoms with Gasteiger partial charge in [0.05, 0.1) is 17.4 Å². The first kappa shape index (κ1) is 11.8. The smallest absolute Gasteiger partial charge is 0.0958 e. The molecular weight excluding hydrogens is 234 g/mol. The van der Waals surface area contributed by atoms with Crippen LogP contribution in [0.15, 0.2) is 54.9 Å². The summed E-state index contributed by atoms with van der Waals surface area (Å²) in [6, 6.07) is 16.7. The number of benzene rings is 2. The minimum absolute atomic E-state index is 0.892. The van der Waals surface area contributed by atoms with E-state index in [1.165, 1.54) is 11.1 Å². The molecule has 0 amide bonds. The van der Waals surface area contributed by atoms with Crippen LogP contribution in [-0.2, 0) is 6.54 Å². The van der Waals surface area contributed by atoms with E-state index in [2.05, 4.69) is 52.1 Å². The minimum Gasteiger partial charge on any atom is -0.383 e. The van der Waals surface area contributed by atoms with Crippen molar-refractivity contribution in [1.29, 1.82) is 0 Å². The van der Waals surface area contributed by atoms with Gasteiger partial charge in [0.1, 0.15) is 0 Å². The van der Waals surface area contributed by atoms with Crippen molar-refractivity contribution in [1.82, 2.24) is 9.55 Å². The number of hydrogen-bond donors (Lipinski definition) is 1. The van der Waals surface area contributed by atoms with E-state index in [0.717, 1.165) is 24.3 Å². The lowest BCUT2D eigenvalue weighted by atomic mass is 10.2. The molecule has 3 rings (SSSR count). The number of fused-ring (bicyclic) bond motifs is 1. The third-order valence-corrected chi connectivity index (χ3v) is 3.26. The summed E-state index contributed by atoms with van der Waals surface area (Å²) in [7, 11) is 0. The molecule has 96 valence electrons. The highest BCUT2D eigenvalue weighted by Crippen LogP contribution is 2.12. The Kier molecular flexibility index (Phi) is 3.19. The number of imidazole rings is 1. The average molecular weight is 251 g/mol. The Morgan fingerprint density at radius 2 is 1.84 bits per heavy atom. The molecule has 0 aliphatic carbocycles. The average Bonchev–Trinajstić information content (AvgIpc) is 2.85. The Bertz CT molecular complexity index is 668. The van der Waals surface area contributed by atoms with Gasteiger partial charge in [-0.05, 0) is 31.2 Å². The molecule has 0 spiro atoms. The van der Waals surface area contributed by atoms with Crippen molar-refractivity contribution < 1.29 is 0 Å². The van der Waals surface area contributed by atoms with Gasteiger partial charge in [0.2, 0.25) is 0 Å². The van der Waals surface area contributed by atoms with Crippen LogP contribution in [0.1, 0.15) is 5.56 Å². The van der Waals surface area contributed by atoms with Gasteiger partial charge >= 0.3 is 0 Å². The molecule has 1 aromatic heterocycles. The molecule has 0 atom stereocenters. The Morgan fingerprint density at radius 3 is 2.68 bits per heavy atom. The predicted octanol–water partition coefficient (Wildman–Crippen LogP) is 3.46. The Labute approximate surface area is 112 Å². The molecule has 0 unspecified atom stereocenters. The van der Waals surface area contributed by atoms with Crippen molar-refractivity contribution in [2.24, 2.45) is 0 Å². The van der Waals surface area contributed by atoms with E-state index in [0.29, 0.717) is 0 Å². The van der Waals surface area contributed by atoms with Gasteiger partial charge < -0.3 is 9.88 Å².